The number of nitrogens with zero attached hydrogens (tertiary/aromatic N) is 1. The Labute approximate surface area is 114 Å². The Hall–Kier alpha value is -1.55. The van der Waals surface area contributed by atoms with Crippen molar-refractivity contribution in [2.24, 2.45) is 5.92 Å². The maximum absolute atomic E-state index is 11.7. The van der Waals surface area contributed by atoms with E-state index in [1.165, 1.54) is 0 Å². The third kappa shape index (κ3) is 3.47. The fourth-order valence-electron chi connectivity index (χ4n) is 2.42. The summed E-state index contributed by atoms with van der Waals surface area (Å²) in [5, 5.41) is 9.14. The van der Waals surface area contributed by atoms with E-state index >= 15 is 0 Å². The lowest BCUT2D eigenvalue weighted by Crippen LogP contribution is -2.34. The minimum atomic E-state index is -0.269. The quantitative estimate of drug-likeness (QED) is 0.845. The number of ether oxygens (including phenoxy) is 1. The van der Waals surface area contributed by atoms with Gasteiger partial charge in [-0.05, 0) is 43.9 Å². The first-order valence-electron chi connectivity index (χ1n) is 6.87. The van der Waals surface area contributed by atoms with E-state index in [4.69, 9.17) is 9.84 Å². The Morgan fingerprint density at radius 1 is 1.42 bits per heavy atom. The SMILES string of the molecule is CCOC(=O)c1cccc(N2CCC(CO)CC2)c1. The lowest BCUT2D eigenvalue weighted by Gasteiger charge is -2.33. The van der Waals surface area contributed by atoms with Crippen molar-refractivity contribution in [3.8, 4) is 0 Å². The number of hydrogen-bond acceptors (Lipinski definition) is 4. The van der Waals surface area contributed by atoms with Crippen molar-refractivity contribution in [3.05, 3.63) is 29.8 Å². The van der Waals surface area contributed by atoms with Gasteiger partial charge in [0, 0.05) is 25.4 Å². The van der Waals surface area contributed by atoms with Crippen LogP contribution in [0.2, 0.25) is 0 Å². The maximum atomic E-state index is 11.7. The zero-order valence-corrected chi connectivity index (χ0v) is 11.3. The van der Waals surface area contributed by atoms with Crippen molar-refractivity contribution in [3.63, 3.8) is 0 Å². The molecule has 1 aromatic rings. The van der Waals surface area contributed by atoms with Crippen LogP contribution in [0.25, 0.3) is 0 Å². The third-order valence-electron chi connectivity index (χ3n) is 3.60. The summed E-state index contributed by atoms with van der Waals surface area (Å²) in [6.45, 7) is 4.33. The molecule has 1 fully saturated rings. The number of anilines is 1. The van der Waals surface area contributed by atoms with Crippen LogP contribution in [-0.4, -0.2) is 37.4 Å². The van der Waals surface area contributed by atoms with Crippen LogP contribution in [-0.2, 0) is 4.74 Å². The van der Waals surface area contributed by atoms with E-state index in [2.05, 4.69) is 4.90 Å². The molecule has 4 nitrogen and oxygen atoms in total. The van der Waals surface area contributed by atoms with Gasteiger partial charge in [0.2, 0.25) is 0 Å². The van der Waals surface area contributed by atoms with E-state index in [0.29, 0.717) is 18.1 Å². The molecule has 0 saturated carbocycles. The number of hydrogen-bond donors (Lipinski definition) is 1. The average molecular weight is 263 g/mol. The largest absolute Gasteiger partial charge is 0.462 e. The van der Waals surface area contributed by atoms with Gasteiger partial charge >= 0.3 is 5.97 Å². The molecule has 0 atom stereocenters. The van der Waals surface area contributed by atoms with Crippen LogP contribution < -0.4 is 4.90 Å². The van der Waals surface area contributed by atoms with Crippen LogP contribution in [0.5, 0.6) is 0 Å². The molecule has 0 radical (unpaired) electrons. The summed E-state index contributed by atoms with van der Waals surface area (Å²) < 4.78 is 5.01. The Morgan fingerprint density at radius 3 is 2.79 bits per heavy atom. The van der Waals surface area contributed by atoms with E-state index in [1.54, 1.807) is 13.0 Å². The Kier molecular flexibility index (Phi) is 4.80. The summed E-state index contributed by atoms with van der Waals surface area (Å²) >= 11 is 0. The number of carbonyl (C=O) groups is 1. The first kappa shape index (κ1) is 13.9. The normalized spacial score (nSPS) is 16.4. The topological polar surface area (TPSA) is 49.8 Å². The van der Waals surface area contributed by atoms with Crippen molar-refractivity contribution in [2.45, 2.75) is 19.8 Å². The van der Waals surface area contributed by atoms with Crippen molar-refractivity contribution in [2.75, 3.05) is 31.2 Å². The van der Waals surface area contributed by atoms with Gasteiger partial charge in [-0.1, -0.05) is 6.07 Å². The highest BCUT2D eigenvalue weighted by atomic mass is 16.5. The molecule has 1 aliphatic heterocycles. The van der Waals surface area contributed by atoms with Crippen molar-refractivity contribution in [1.82, 2.24) is 0 Å². The second-order valence-corrected chi connectivity index (χ2v) is 4.88. The van der Waals surface area contributed by atoms with Crippen LogP contribution in [0, 0.1) is 5.92 Å². The molecule has 1 aromatic carbocycles. The number of rotatable bonds is 4. The van der Waals surface area contributed by atoms with Crippen LogP contribution in [0.15, 0.2) is 24.3 Å². The molecule has 4 heteroatoms. The van der Waals surface area contributed by atoms with Crippen LogP contribution in [0.1, 0.15) is 30.1 Å². The molecule has 0 unspecified atom stereocenters. The molecule has 1 saturated heterocycles. The van der Waals surface area contributed by atoms with Gasteiger partial charge in [0.15, 0.2) is 0 Å². The second-order valence-electron chi connectivity index (χ2n) is 4.88. The molecule has 0 amide bonds. The molecule has 2 rings (SSSR count). The number of aliphatic hydroxyl groups excluding tert-OH is 1. The predicted molar refractivity (Wildman–Crippen MR) is 74.4 cm³/mol. The fraction of sp³-hybridized carbons (Fsp3) is 0.533. The number of carbonyl (C=O) groups excluding carboxylic acids is 1. The number of benzene rings is 1. The molecule has 1 N–H and O–H groups in total. The fourth-order valence-corrected chi connectivity index (χ4v) is 2.42. The highest BCUT2D eigenvalue weighted by molar-refractivity contribution is 5.90. The monoisotopic (exact) mass is 263 g/mol. The Morgan fingerprint density at radius 2 is 2.16 bits per heavy atom. The molecule has 1 aliphatic rings. The molecular weight excluding hydrogens is 242 g/mol. The van der Waals surface area contributed by atoms with Gasteiger partial charge in [-0.15, -0.1) is 0 Å². The lowest BCUT2D eigenvalue weighted by atomic mass is 9.97. The molecule has 0 bridgehead atoms. The summed E-state index contributed by atoms with van der Waals surface area (Å²) in [6.07, 6.45) is 2.00. The van der Waals surface area contributed by atoms with E-state index in [1.807, 2.05) is 18.2 Å². The average Bonchev–Trinajstić information content (AvgIpc) is 2.48. The summed E-state index contributed by atoms with van der Waals surface area (Å²) in [6, 6.07) is 7.57. The smallest absolute Gasteiger partial charge is 0.338 e. The zero-order valence-electron chi connectivity index (χ0n) is 11.3. The molecule has 19 heavy (non-hydrogen) atoms. The van der Waals surface area contributed by atoms with Gasteiger partial charge in [0.1, 0.15) is 0 Å². The highest BCUT2D eigenvalue weighted by Crippen LogP contribution is 2.24. The van der Waals surface area contributed by atoms with Crippen LogP contribution in [0.3, 0.4) is 0 Å². The van der Waals surface area contributed by atoms with Gasteiger partial charge in [-0.25, -0.2) is 4.79 Å². The number of piperidine rings is 1. The van der Waals surface area contributed by atoms with E-state index in [0.717, 1.165) is 31.6 Å². The lowest BCUT2D eigenvalue weighted by molar-refractivity contribution is 0.0526. The van der Waals surface area contributed by atoms with Crippen LogP contribution >= 0.6 is 0 Å². The van der Waals surface area contributed by atoms with E-state index < -0.39 is 0 Å². The zero-order chi connectivity index (χ0) is 13.7. The van der Waals surface area contributed by atoms with Gasteiger partial charge in [0.05, 0.1) is 12.2 Å². The maximum Gasteiger partial charge on any atom is 0.338 e. The minimum absolute atomic E-state index is 0.269. The summed E-state index contributed by atoms with van der Waals surface area (Å²) in [5.74, 6) is 0.152. The molecule has 1 heterocycles. The summed E-state index contributed by atoms with van der Waals surface area (Å²) in [7, 11) is 0. The Bertz CT molecular complexity index is 425. The van der Waals surface area contributed by atoms with Crippen LogP contribution in [0.4, 0.5) is 5.69 Å². The summed E-state index contributed by atoms with van der Waals surface area (Å²) in [4.78, 5) is 14.0. The molecule has 0 aliphatic carbocycles. The van der Waals surface area contributed by atoms with Crippen molar-refractivity contribution < 1.29 is 14.6 Å². The van der Waals surface area contributed by atoms with Gasteiger partial charge in [-0.3, -0.25) is 0 Å². The van der Waals surface area contributed by atoms with Gasteiger partial charge < -0.3 is 14.7 Å². The Balaban J connectivity index is 2.05. The molecule has 104 valence electrons. The standard InChI is InChI=1S/C15H21NO3/c1-2-19-15(18)13-4-3-5-14(10-13)16-8-6-12(11-17)7-9-16/h3-5,10,12,17H,2,6-9,11H2,1H3. The van der Waals surface area contributed by atoms with E-state index in [-0.39, 0.29) is 12.6 Å². The summed E-state index contributed by atoms with van der Waals surface area (Å²) in [5.41, 5.74) is 1.66. The van der Waals surface area contributed by atoms with Gasteiger partial charge in [-0.2, -0.15) is 0 Å². The molecule has 0 aromatic heterocycles. The predicted octanol–water partition coefficient (Wildman–Crippen LogP) is 2.07. The molecule has 0 spiro atoms. The number of aliphatic hydroxyl groups is 1. The van der Waals surface area contributed by atoms with Crippen molar-refractivity contribution in [1.29, 1.82) is 0 Å². The minimum Gasteiger partial charge on any atom is -0.462 e. The number of esters is 1. The highest BCUT2D eigenvalue weighted by Gasteiger charge is 2.19. The third-order valence-corrected chi connectivity index (χ3v) is 3.60. The first-order chi connectivity index (χ1) is 9.24. The van der Waals surface area contributed by atoms with E-state index in [9.17, 15) is 4.79 Å². The second kappa shape index (κ2) is 6.57. The molecular formula is C15H21NO3. The van der Waals surface area contributed by atoms with Gasteiger partial charge in [0.25, 0.3) is 0 Å². The van der Waals surface area contributed by atoms with Crippen molar-refractivity contribution >= 4 is 11.7 Å². The first-order valence-corrected chi connectivity index (χ1v) is 6.87.